The van der Waals surface area contributed by atoms with Gasteiger partial charge in [0.25, 0.3) is 0 Å². The maximum absolute atomic E-state index is 12.6. The van der Waals surface area contributed by atoms with Crippen LogP contribution in [0.25, 0.3) is 0 Å². The van der Waals surface area contributed by atoms with Crippen molar-refractivity contribution in [3.63, 3.8) is 0 Å². The van der Waals surface area contributed by atoms with E-state index in [0.717, 1.165) is 41.8 Å². The van der Waals surface area contributed by atoms with Crippen LogP contribution < -0.4 is 11.1 Å². The highest BCUT2D eigenvalue weighted by molar-refractivity contribution is 7.84. The zero-order valence-electron chi connectivity index (χ0n) is 16.1. The third-order valence-electron chi connectivity index (χ3n) is 5.40. The number of hydrogen-bond donors (Lipinski definition) is 2. The molecule has 1 saturated carbocycles. The summed E-state index contributed by atoms with van der Waals surface area (Å²) >= 11 is 0. The molecule has 28 heavy (non-hydrogen) atoms. The molecule has 0 aromatic heterocycles. The van der Waals surface area contributed by atoms with Crippen LogP contribution in [0, 0.1) is 5.41 Å². The molecule has 1 aliphatic rings. The summed E-state index contributed by atoms with van der Waals surface area (Å²) in [5, 5.41) is 3.01. The topological polar surface area (TPSA) is 72.2 Å². The Balaban J connectivity index is 0.00000280. The van der Waals surface area contributed by atoms with Gasteiger partial charge in [-0.3, -0.25) is 9.00 Å². The molecule has 1 fully saturated rings. The van der Waals surface area contributed by atoms with Crippen molar-refractivity contribution in [1.82, 2.24) is 0 Å². The molecule has 1 atom stereocenters. The highest BCUT2D eigenvalue weighted by Crippen LogP contribution is 2.38. The predicted octanol–water partition coefficient (Wildman–Crippen LogP) is 4.65. The molecule has 152 valence electrons. The van der Waals surface area contributed by atoms with Gasteiger partial charge in [-0.05, 0) is 54.6 Å². The minimum absolute atomic E-state index is 0. The number of anilines is 1. The Labute approximate surface area is 176 Å². The number of halogens is 1. The number of carbonyl (C=O) groups is 1. The first-order chi connectivity index (χ1) is 13.1. The largest absolute Gasteiger partial charge is 0.330 e. The Morgan fingerprint density at radius 1 is 1.04 bits per heavy atom. The van der Waals surface area contributed by atoms with Crippen LogP contribution in [0.2, 0.25) is 0 Å². The summed E-state index contributed by atoms with van der Waals surface area (Å²) in [4.78, 5) is 13.4. The molecule has 4 nitrogen and oxygen atoms in total. The number of hydrogen-bond acceptors (Lipinski definition) is 3. The Kier molecular flexibility index (Phi) is 8.67. The van der Waals surface area contributed by atoms with Crippen LogP contribution in [0.4, 0.5) is 5.69 Å². The number of carbonyl (C=O) groups excluding carboxylic acids is 1. The second-order valence-electron chi connectivity index (χ2n) is 7.49. The van der Waals surface area contributed by atoms with E-state index < -0.39 is 10.8 Å². The minimum Gasteiger partial charge on any atom is -0.330 e. The summed E-state index contributed by atoms with van der Waals surface area (Å²) < 4.78 is 12.5. The van der Waals surface area contributed by atoms with Crippen molar-refractivity contribution in [2.24, 2.45) is 11.1 Å². The van der Waals surface area contributed by atoms with Gasteiger partial charge in [0.05, 0.1) is 16.6 Å². The first kappa shape index (κ1) is 22.6. The predicted molar refractivity (Wildman–Crippen MR) is 118 cm³/mol. The molecular formula is C22H29ClN2O2S. The van der Waals surface area contributed by atoms with E-state index in [9.17, 15) is 9.00 Å². The molecule has 0 radical (unpaired) electrons. The Morgan fingerprint density at radius 3 is 2.43 bits per heavy atom. The molecule has 0 bridgehead atoms. The van der Waals surface area contributed by atoms with Gasteiger partial charge in [-0.15, -0.1) is 12.4 Å². The van der Waals surface area contributed by atoms with Gasteiger partial charge in [-0.25, -0.2) is 0 Å². The highest BCUT2D eigenvalue weighted by atomic mass is 35.5. The third-order valence-corrected chi connectivity index (χ3v) is 6.79. The van der Waals surface area contributed by atoms with Crippen LogP contribution in [0.5, 0.6) is 0 Å². The van der Waals surface area contributed by atoms with Crippen LogP contribution in [-0.4, -0.2) is 16.7 Å². The smallest absolute Gasteiger partial charge is 0.224 e. The lowest BCUT2D eigenvalue weighted by atomic mass is 9.71. The number of rotatable bonds is 7. The molecule has 0 aliphatic heterocycles. The zero-order valence-corrected chi connectivity index (χ0v) is 17.7. The van der Waals surface area contributed by atoms with E-state index in [-0.39, 0.29) is 23.7 Å². The molecule has 2 aromatic carbocycles. The number of benzene rings is 2. The molecule has 3 N–H and O–H groups in total. The van der Waals surface area contributed by atoms with Crippen molar-refractivity contribution >= 4 is 34.8 Å². The van der Waals surface area contributed by atoms with Gasteiger partial charge in [0.15, 0.2) is 0 Å². The molecule has 0 heterocycles. The normalized spacial score (nSPS) is 16.6. The SMILES string of the molecule is Cl.NCC1(CC(=O)Nc2cccc(CS(=O)c3ccccc3)c2)CCCCC1. The zero-order chi connectivity index (χ0) is 19.1. The van der Waals surface area contributed by atoms with Crippen molar-refractivity contribution in [3.8, 4) is 0 Å². The van der Waals surface area contributed by atoms with Crippen molar-refractivity contribution in [1.29, 1.82) is 0 Å². The van der Waals surface area contributed by atoms with E-state index in [1.165, 1.54) is 6.42 Å². The van der Waals surface area contributed by atoms with Gasteiger partial charge in [0.1, 0.15) is 0 Å². The van der Waals surface area contributed by atoms with Crippen molar-refractivity contribution in [3.05, 3.63) is 60.2 Å². The molecule has 1 unspecified atom stereocenters. The fraction of sp³-hybridized carbons (Fsp3) is 0.409. The van der Waals surface area contributed by atoms with Gasteiger partial charge in [0.2, 0.25) is 5.91 Å². The molecule has 1 amide bonds. The summed E-state index contributed by atoms with van der Waals surface area (Å²) in [5.74, 6) is 0.448. The van der Waals surface area contributed by atoms with Crippen LogP contribution in [0.3, 0.4) is 0 Å². The molecule has 3 rings (SSSR count). The molecule has 6 heteroatoms. The molecule has 0 spiro atoms. The monoisotopic (exact) mass is 420 g/mol. The van der Waals surface area contributed by atoms with E-state index in [4.69, 9.17) is 5.73 Å². The second-order valence-corrected chi connectivity index (χ2v) is 8.94. The van der Waals surface area contributed by atoms with Gasteiger partial charge in [0, 0.05) is 17.0 Å². The van der Waals surface area contributed by atoms with E-state index in [1.807, 2.05) is 54.6 Å². The summed E-state index contributed by atoms with van der Waals surface area (Å²) in [7, 11) is -1.10. The van der Waals surface area contributed by atoms with Crippen LogP contribution >= 0.6 is 12.4 Å². The van der Waals surface area contributed by atoms with Crippen LogP contribution in [0.15, 0.2) is 59.5 Å². The molecule has 1 aliphatic carbocycles. The summed E-state index contributed by atoms with van der Waals surface area (Å²) in [6.45, 7) is 0.566. The van der Waals surface area contributed by atoms with Crippen LogP contribution in [0.1, 0.15) is 44.1 Å². The Hall–Kier alpha value is -1.69. The lowest BCUT2D eigenvalue weighted by molar-refractivity contribution is -0.118. The fourth-order valence-electron chi connectivity index (χ4n) is 3.85. The quantitative estimate of drug-likeness (QED) is 0.684. The Bertz CT molecular complexity index is 792. The average molecular weight is 421 g/mol. The van der Waals surface area contributed by atoms with Gasteiger partial charge >= 0.3 is 0 Å². The first-order valence-electron chi connectivity index (χ1n) is 9.63. The van der Waals surface area contributed by atoms with Gasteiger partial charge < -0.3 is 11.1 Å². The maximum atomic E-state index is 12.6. The standard InChI is InChI=1S/C22H28N2O2S.ClH/c23-17-22(12-5-2-6-13-22)15-21(25)24-19-9-7-8-18(14-19)16-27(26)20-10-3-1-4-11-20;/h1,3-4,7-11,14H,2,5-6,12-13,15-17,23H2,(H,24,25);1H. The summed E-state index contributed by atoms with van der Waals surface area (Å²) in [6.07, 6.45) is 6.10. The highest BCUT2D eigenvalue weighted by Gasteiger charge is 2.32. The van der Waals surface area contributed by atoms with E-state index in [2.05, 4.69) is 5.32 Å². The molecule has 0 saturated heterocycles. The molecule has 2 aromatic rings. The number of nitrogens with one attached hydrogen (secondary N) is 1. The number of amides is 1. The average Bonchev–Trinajstić information content (AvgIpc) is 2.69. The number of nitrogens with two attached hydrogens (primary N) is 1. The van der Waals surface area contributed by atoms with Crippen LogP contribution in [-0.2, 0) is 21.3 Å². The fourth-order valence-corrected chi connectivity index (χ4v) is 4.96. The van der Waals surface area contributed by atoms with Gasteiger partial charge in [-0.1, -0.05) is 49.6 Å². The van der Waals surface area contributed by atoms with Gasteiger partial charge in [-0.2, -0.15) is 0 Å². The summed E-state index contributed by atoms with van der Waals surface area (Å²) in [5.41, 5.74) is 7.65. The van der Waals surface area contributed by atoms with Crippen molar-refractivity contribution in [2.75, 3.05) is 11.9 Å². The third kappa shape index (κ3) is 6.16. The summed E-state index contributed by atoms with van der Waals surface area (Å²) in [6, 6.07) is 17.1. The lowest BCUT2D eigenvalue weighted by Crippen LogP contribution is -2.36. The minimum atomic E-state index is -1.10. The lowest BCUT2D eigenvalue weighted by Gasteiger charge is -2.35. The van der Waals surface area contributed by atoms with E-state index >= 15 is 0 Å². The maximum Gasteiger partial charge on any atom is 0.224 e. The van der Waals surface area contributed by atoms with Crippen molar-refractivity contribution in [2.45, 2.75) is 49.2 Å². The van der Waals surface area contributed by atoms with E-state index in [1.54, 1.807) is 0 Å². The first-order valence-corrected chi connectivity index (χ1v) is 10.9. The Morgan fingerprint density at radius 2 is 1.75 bits per heavy atom. The van der Waals surface area contributed by atoms with Crippen molar-refractivity contribution < 1.29 is 9.00 Å². The second kappa shape index (κ2) is 10.7. The molecular weight excluding hydrogens is 392 g/mol. The van der Waals surface area contributed by atoms with E-state index in [0.29, 0.717) is 18.7 Å².